The molecule has 106 valence electrons. The Kier molecular flexibility index (Phi) is 15.4. The molecule has 0 bridgehead atoms. The lowest BCUT2D eigenvalue weighted by Gasteiger charge is -2.15. The minimum absolute atomic E-state index is 0.550. The van der Waals surface area contributed by atoms with Gasteiger partial charge in [0.25, 0.3) is 0 Å². The second-order valence-corrected chi connectivity index (χ2v) is 10.9. The van der Waals surface area contributed by atoms with Crippen LogP contribution in [0.25, 0.3) is 0 Å². The van der Waals surface area contributed by atoms with Crippen LogP contribution in [0.4, 0.5) is 0 Å². The van der Waals surface area contributed by atoms with Crippen molar-refractivity contribution in [3.8, 4) is 0 Å². The molecule has 1 N–H and O–H groups in total. The Bertz CT molecular complexity index is 288. The zero-order valence-corrected chi connectivity index (χ0v) is 13.8. The van der Waals surface area contributed by atoms with Crippen molar-refractivity contribution in [3.63, 3.8) is 0 Å². The smallest absolute Gasteiger partial charge is 0.135 e. The van der Waals surface area contributed by atoms with Crippen molar-refractivity contribution < 1.29 is 9.11 Å². The Labute approximate surface area is 123 Å². The van der Waals surface area contributed by atoms with E-state index in [0.29, 0.717) is 17.3 Å². The van der Waals surface area contributed by atoms with Gasteiger partial charge in [0.05, 0.1) is 16.5 Å². The molecule has 0 aliphatic heterocycles. The molecule has 2 nitrogen and oxygen atoms in total. The van der Waals surface area contributed by atoms with Crippen molar-refractivity contribution in [2.75, 3.05) is 23.0 Å². The van der Waals surface area contributed by atoms with E-state index in [0.717, 1.165) is 5.75 Å². The summed E-state index contributed by atoms with van der Waals surface area (Å²) in [5.74, 6) is 2.42. The second kappa shape index (κ2) is 13.6. The number of thiol groups is 1. The van der Waals surface area contributed by atoms with Crippen LogP contribution in [0, 0.1) is 0 Å². The summed E-state index contributed by atoms with van der Waals surface area (Å²) < 4.78 is 20.1. The molecular formula is C12H22O2S4. The van der Waals surface area contributed by atoms with E-state index in [1.165, 1.54) is 10.8 Å². The molecular weight excluding hydrogens is 304 g/mol. The predicted octanol–water partition coefficient (Wildman–Crippen LogP) is 2.93. The summed E-state index contributed by atoms with van der Waals surface area (Å²) in [4.78, 5) is 0. The average Bonchev–Trinajstić information content (AvgIpc) is 2.27. The van der Waals surface area contributed by atoms with Gasteiger partial charge in [-0.05, 0) is 17.3 Å². The third-order valence-corrected chi connectivity index (χ3v) is 6.70. The van der Waals surface area contributed by atoms with E-state index in [9.17, 15) is 9.11 Å². The van der Waals surface area contributed by atoms with Gasteiger partial charge in [0, 0.05) is 21.7 Å². The molecule has 0 saturated carbocycles. The maximum Gasteiger partial charge on any atom is 0.135 e. The number of rotatable bonds is 9. The lowest BCUT2D eigenvalue weighted by atomic mass is 10.8. The lowest BCUT2D eigenvalue weighted by molar-refractivity contribution is 0.612. The highest BCUT2D eigenvalue weighted by atomic mass is 33.1. The molecule has 0 heterocycles. The van der Waals surface area contributed by atoms with Gasteiger partial charge >= 0.3 is 0 Å². The van der Waals surface area contributed by atoms with Gasteiger partial charge in [0.15, 0.2) is 0 Å². The predicted molar refractivity (Wildman–Crippen MR) is 94.7 cm³/mol. The molecule has 1 atom stereocenters. The van der Waals surface area contributed by atoms with Crippen LogP contribution in [0.15, 0.2) is 50.6 Å². The minimum Gasteiger partial charge on any atom is -0.605 e. The van der Waals surface area contributed by atoms with E-state index in [2.05, 4.69) is 26.3 Å². The van der Waals surface area contributed by atoms with E-state index in [-0.39, 0.29) is 0 Å². The van der Waals surface area contributed by atoms with Crippen molar-refractivity contribution in [2.45, 2.75) is 0 Å². The molecule has 6 heteroatoms. The molecule has 0 spiro atoms. The van der Waals surface area contributed by atoms with E-state index < -0.39 is 19.1 Å². The molecule has 0 fully saturated rings. The summed E-state index contributed by atoms with van der Waals surface area (Å²) in [7, 11) is -1.50. The van der Waals surface area contributed by atoms with Gasteiger partial charge in [0.2, 0.25) is 0 Å². The van der Waals surface area contributed by atoms with Crippen molar-refractivity contribution in [1.82, 2.24) is 0 Å². The Morgan fingerprint density at radius 1 is 1.11 bits per heavy atom. The fraction of sp³-hybridized carbons (Fsp3) is 0.333. The van der Waals surface area contributed by atoms with Crippen LogP contribution >= 0.6 is 10.8 Å². The van der Waals surface area contributed by atoms with Crippen molar-refractivity contribution in [2.24, 2.45) is 0 Å². The molecule has 0 radical (unpaired) electrons. The molecule has 0 aliphatic carbocycles. The largest absolute Gasteiger partial charge is 0.605 e. The lowest BCUT2D eigenvalue weighted by Crippen LogP contribution is -2.14. The van der Waals surface area contributed by atoms with Gasteiger partial charge < -0.3 is 9.11 Å². The average molecular weight is 327 g/mol. The summed E-state index contributed by atoms with van der Waals surface area (Å²) in [5, 5.41) is 0. The summed E-state index contributed by atoms with van der Waals surface area (Å²) in [5.41, 5.74) is 0. The van der Waals surface area contributed by atoms with Crippen molar-refractivity contribution in [1.29, 1.82) is 0 Å². The third kappa shape index (κ3) is 16.1. The highest BCUT2D eigenvalue weighted by Gasteiger charge is 2.01. The van der Waals surface area contributed by atoms with Gasteiger partial charge in [-0.3, -0.25) is 0 Å². The Morgan fingerprint density at radius 3 is 1.94 bits per heavy atom. The van der Waals surface area contributed by atoms with Gasteiger partial charge in [-0.15, -0.1) is 28.6 Å². The Hall–Kier alpha value is 0.150. The second-order valence-electron chi connectivity index (χ2n) is 3.12. The number of hydrogen-bond donors (Lipinski definition) is 2. The van der Waals surface area contributed by atoms with Gasteiger partial charge in [-0.2, -0.15) is 0 Å². The van der Waals surface area contributed by atoms with Crippen LogP contribution in [-0.2, 0) is 30.3 Å². The maximum absolute atomic E-state index is 10.8. The van der Waals surface area contributed by atoms with Crippen LogP contribution < -0.4 is 0 Å². The molecule has 0 amide bonds. The minimum atomic E-state index is -2.10. The maximum atomic E-state index is 10.8. The fourth-order valence-corrected chi connectivity index (χ4v) is 4.19. The van der Waals surface area contributed by atoms with E-state index in [1.54, 1.807) is 24.3 Å². The van der Waals surface area contributed by atoms with Crippen LogP contribution in [-0.4, -0.2) is 32.1 Å². The van der Waals surface area contributed by atoms with E-state index in [4.69, 9.17) is 11.2 Å². The number of hydrogen-bond acceptors (Lipinski definition) is 3. The monoisotopic (exact) mass is 326 g/mol. The van der Waals surface area contributed by atoms with Crippen molar-refractivity contribution in [3.05, 3.63) is 50.6 Å². The zero-order valence-electron chi connectivity index (χ0n) is 10.5. The first-order valence-corrected chi connectivity index (χ1v) is 11.1. The Balaban J connectivity index is 0. The van der Waals surface area contributed by atoms with Crippen molar-refractivity contribution >= 4 is 41.1 Å². The SMILES string of the molecule is C=CCS[S+]([O-])CC=C.C=CC[SH](O)(=S)CC=C. The van der Waals surface area contributed by atoms with Gasteiger partial charge in [0.1, 0.15) is 5.75 Å². The van der Waals surface area contributed by atoms with Crippen LogP contribution in [0.5, 0.6) is 0 Å². The van der Waals surface area contributed by atoms with Crippen LogP contribution in [0.1, 0.15) is 0 Å². The first-order chi connectivity index (χ1) is 8.43. The Morgan fingerprint density at radius 2 is 1.61 bits per heavy atom. The molecule has 0 rings (SSSR count). The summed E-state index contributed by atoms with van der Waals surface area (Å²) >= 11 is 4.87. The topological polar surface area (TPSA) is 43.3 Å². The normalized spacial score (nSPS) is 12.6. The fourth-order valence-electron chi connectivity index (χ4n) is 0.746. The molecule has 0 aliphatic rings. The molecule has 18 heavy (non-hydrogen) atoms. The van der Waals surface area contributed by atoms with Crippen LogP contribution in [0.3, 0.4) is 0 Å². The molecule has 0 aromatic carbocycles. The van der Waals surface area contributed by atoms with Crippen LogP contribution in [0.2, 0.25) is 0 Å². The first kappa shape index (κ1) is 20.5. The van der Waals surface area contributed by atoms with Gasteiger partial charge in [-0.25, -0.2) is 0 Å². The highest BCUT2D eigenvalue weighted by molar-refractivity contribution is 8.72. The molecule has 0 saturated heterocycles. The molecule has 0 aromatic rings. The van der Waals surface area contributed by atoms with Gasteiger partial charge in [-0.1, -0.05) is 24.8 Å². The van der Waals surface area contributed by atoms with E-state index >= 15 is 0 Å². The first-order valence-electron chi connectivity index (χ1n) is 5.19. The summed E-state index contributed by atoms with van der Waals surface area (Å²) in [6.07, 6.45) is 6.71. The summed E-state index contributed by atoms with van der Waals surface area (Å²) in [6, 6.07) is 0. The summed E-state index contributed by atoms with van der Waals surface area (Å²) in [6.45, 7) is 14.0. The quantitative estimate of drug-likeness (QED) is 0.296. The third-order valence-electron chi connectivity index (χ3n) is 1.40. The molecule has 1 unspecified atom stereocenters. The standard InChI is InChI=1S/C6H12OS2.C6H10OS2/c1-3-5-9(7,8)6-4-2;1-3-5-8-9(7)6-4-2/h3-4,9H,1-2,5-6H2,(H,7,8);3-4H,1-2,5-6H2. The molecule has 0 aromatic heterocycles. The highest BCUT2D eigenvalue weighted by Crippen LogP contribution is 2.12. The van der Waals surface area contributed by atoms with E-state index in [1.807, 2.05) is 0 Å². The zero-order chi connectivity index (χ0) is 14.4.